The molecule has 0 radical (unpaired) electrons. The van der Waals surface area contributed by atoms with Crippen molar-refractivity contribution in [2.75, 3.05) is 33.0 Å². The van der Waals surface area contributed by atoms with E-state index < -0.39 is 80.7 Å². The van der Waals surface area contributed by atoms with Gasteiger partial charge in [-0.3, -0.25) is 4.79 Å². The van der Waals surface area contributed by atoms with Crippen molar-refractivity contribution in [3.63, 3.8) is 0 Å². The summed E-state index contributed by atoms with van der Waals surface area (Å²) in [7, 11) is 0. The molecule has 0 spiro atoms. The van der Waals surface area contributed by atoms with Crippen LogP contribution in [0.15, 0.2) is 24.3 Å². The van der Waals surface area contributed by atoms with E-state index in [1.54, 1.807) is 0 Å². The Balaban J connectivity index is 1.71. The highest BCUT2D eigenvalue weighted by molar-refractivity contribution is 5.69. The summed E-state index contributed by atoms with van der Waals surface area (Å²) >= 11 is 0. The zero-order chi connectivity index (χ0) is 48.7. The first-order valence-corrected chi connectivity index (χ1v) is 26.9. The SMILES string of the molecule is CCCCCCC/C=C\C/C=C\CCCCCCCCCCCCOCC(COC1OC(COC2OC(CO)C(O)C(O)C2O)C(O)C(O)C1O)OC(=O)CCCCCCCCCCCCC. The van der Waals surface area contributed by atoms with Crippen LogP contribution in [0.25, 0.3) is 0 Å². The Bertz CT molecular complexity index is 1200. The lowest BCUT2D eigenvalue weighted by Crippen LogP contribution is -2.61. The van der Waals surface area contributed by atoms with Crippen LogP contribution < -0.4 is 0 Å². The van der Waals surface area contributed by atoms with Crippen LogP contribution in [0, 0.1) is 0 Å². The van der Waals surface area contributed by atoms with Gasteiger partial charge in [0.05, 0.1) is 26.4 Å². The number of esters is 1. The number of aliphatic hydroxyl groups excluding tert-OH is 7. The maximum Gasteiger partial charge on any atom is 0.306 e. The summed E-state index contributed by atoms with van der Waals surface area (Å²) in [6, 6.07) is 0. The van der Waals surface area contributed by atoms with Crippen LogP contribution in [0.2, 0.25) is 0 Å². The lowest BCUT2D eigenvalue weighted by Gasteiger charge is -2.42. The number of rotatable bonds is 43. The topological polar surface area (TPSA) is 214 Å². The molecule has 0 aliphatic carbocycles. The Morgan fingerprint density at radius 1 is 0.493 bits per heavy atom. The third kappa shape index (κ3) is 28.8. The van der Waals surface area contributed by atoms with Crippen molar-refractivity contribution in [2.45, 2.75) is 274 Å². The number of allylic oxidation sites excluding steroid dienone is 4. The molecule has 2 aliphatic rings. The van der Waals surface area contributed by atoms with Gasteiger partial charge in [-0.25, -0.2) is 0 Å². The van der Waals surface area contributed by atoms with Crippen LogP contribution in [0.1, 0.15) is 206 Å². The van der Waals surface area contributed by atoms with E-state index in [0.717, 1.165) is 44.9 Å². The second-order valence-corrected chi connectivity index (χ2v) is 19.1. The summed E-state index contributed by atoms with van der Waals surface area (Å²) in [4.78, 5) is 13.0. The molecule has 11 atom stereocenters. The molecule has 0 amide bonds. The molecule has 11 unspecified atom stereocenters. The Morgan fingerprint density at radius 2 is 0.925 bits per heavy atom. The molecular weight excluding hydrogens is 861 g/mol. The summed E-state index contributed by atoms with van der Waals surface area (Å²) < 4.78 is 34.3. The first-order valence-electron chi connectivity index (χ1n) is 26.9. The van der Waals surface area contributed by atoms with E-state index in [-0.39, 0.29) is 25.6 Å². The Labute approximate surface area is 405 Å². The van der Waals surface area contributed by atoms with E-state index in [9.17, 15) is 40.5 Å². The second-order valence-electron chi connectivity index (χ2n) is 19.1. The molecule has 14 heteroatoms. The Morgan fingerprint density at radius 3 is 1.43 bits per heavy atom. The minimum absolute atomic E-state index is 0.0632. The van der Waals surface area contributed by atoms with Gasteiger partial charge in [0.15, 0.2) is 12.6 Å². The van der Waals surface area contributed by atoms with Gasteiger partial charge in [0.2, 0.25) is 0 Å². The number of carbonyl (C=O) groups is 1. The summed E-state index contributed by atoms with van der Waals surface area (Å²) in [6.07, 6.45) is 28.2. The van der Waals surface area contributed by atoms with Gasteiger partial charge in [0, 0.05) is 13.0 Å². The Kier molecular flexibility index (Phi) is 37.8. The highest BCUT2D eigenvalue weighted by atomic mass is 16.7. The van der Waals surface area contributed by atoms with Gasteiger partial charge in [-0.15, -0.1) is 0 Å². The highest BCUT2D eigenvalue weighted by Crippen LogP contribution is 2.26. The lowest BCUT2D eigenvalue weighted by molar-refractivity contribution is -0.332. The molecule has 2 fully saturated rings. The number of carbonyl (C=O) groups excluding carboxylic acids is 1. The van der Waals surface area contributed by atoms with Crippen molar-refractivity contribution in [1.82, 2.24) is 0 Å². The largest absolute Gasteiger partial charge is 0.457 e. The fraction of sp³-hybridized carbons (Fsp3) is 0.906. The van der Waals surface area contributed by atoms with Crippen molar-refractivity contribution in [2.24, 2.45) is 0 Å². The fourth-order valence-electron chi connectivity index (χ4n) is 8.55. The summed E-state index contributed by atoms with van der Waals surface area (Å²) in [5.41, 5.74) is 0. The van der Waals surface area contributed by atoms with E-state index in [4.69, 9.17) is 28.4 Å². The molecule has 7 N–H and O–H groups in total. The van der Waals surface area contributed by atoms with Crippen molar-refractivity contribution in [3.05, 3.63) is 24.3 Å². The number of unbranched alkanes of at least 4 members (excludes halogenated alkanes) is 25. The molecule has 2 aliphatic heterocycles. The minimum Gasteiger partial charge on any atom is -0.457 e. The van der Waals surface area contributed by atoms with Crippen LogP contribution in [0.3, 0.4) is 0 Å². The normalized spacial score (nSPS) is 26.2. The number of ether oxygens (including phenoxy) is 6. The molecule has 0 aromatic rings. The van der Waals surface area contributed by atoms with E-state index in [2.05, 4.69) is 38.2 Å². The molecule has 0 aromatic heterocycles. The van der Waals surface area contributed by atoms with Gasteiger partial charge in [0.1, 0.15) is 54.9 Å². The molecule has 14 nitrogen and oxygen atoms in total. The minimum atomic E-state index is -1.70. The van der Waals surface area contributed by atoms with Crippen molar-refractivity contribution in [1.29, 1.82) is 0 Å². The van der Waals surface area contributed by atoms with Crippen LogP contribution in [0.5, 0.6) is 0 Å². The average molecular weight is 959 g/mol. The molecule has 0 bridgehead atoms. The number of hydrogen-bond acceptors (Lipinski definition) is 14. The molecule has 2 rings (SSSR count). The second kappa shape index (κ2) is 41.1. The summed E-state index contributed by atoms with van der Waals surface area (Å²) in [5, 5.41) is 72.1. The molecule has 2 saturated heterocycles. The first-order chi connectivity index (χ1) is 32.6. The average Bonchev–Trinajstić information content (AvgIpc) is 3.32. The Hall–Kier alpha value is -1.53. The van der Waals surface area contributed by atoms with Crippen molar-refractivity contribution in [3.8, 4) is 0 Å². The summed E-state index contributed by atoms with van der Waals surface area (Å²) in [5.74, 6) is -0.377. The van der Waals surface area contributed by atoms with Crippen molar-refractivity contribution < 1.29 is 69.0 Å². The van der Waals surface area contributed by atoms with Gasteiger partial charge in [-0.1, -0.05) is 179 Å². The third-order valence-corrected chi connectivity index (χ3v) is 13.0. The number of hydrogen-bond donors (Lipinski definition) is 7. The monoisotopic (exact) mass is 959 g/mol. The van der Waals surface area contributed by atoms with Gasteiger partial charge in [-0.2, -0.15) is 0 Å². The predicted molar refractivity (Wildman–Crippen MR) is 261 cm³/mol. The van der Waals surface area contributed by atoms with E-state index >= 15 is 0 Å². The molecule has 67 heavy (non-hydrogen) atoms. The van der Waals surface area contributed by atoms with E-state index in [1.807, 2.05) is 0 Å². The molecule has 0 saturated carbocycles. The molecule has 394 valence electrons. The zero-order valence-corrected chi connectivity index (χ0v) is 41.9. The third-order valence-electron chi connectivity index (χ3n) is 13.0. The van der Waals surface area contributed by atoms with Crippen LogP contribution >= 0.6 is 0 Å². The predicted octanol–water partition coefficient (Wildman–Crippen LogP) is 8.41. The van der Waals surface area contributed by atoms with Gasteiger partial charge in [0.25, 0.3) is 0 Å². The lowest BCUT2D eigenvalue weighted by atomic mass is 9.98. The molecule has 2 heterocycles. The smallest absolute Gasteiger partial charge is 0.306 e. The maximum atomic E-state index is 13.0. The van der Waals surface area contributed by atoms with Gasteiger partial charge in [-0.05, 0) is 44.9 Å². The summed E-state index contributed by atoms with van der Waals surface area (Å²) in [6.45, 7) is 3.68. The highest BCUT2D eigenvalue weighted by Gasteiger charge is 2.47. The quantitative estimate of drug-likeness (QED) is 0.0174. The maximum absolute atomic E-state index is 13.0. The van der Waals surface area contributed by atoms with Crippen LogP contribution in [-0.4, -0.2) is 142 Å². The standard InChI is InChI=1S/C53H98O14/c1-3-5-7-9-11-13-15-16-17-18-19-20-21-22-23-24-25-27-29-31-33-35-37-62-39-42(65-45(55)36-34-32-30-28-26-14-12-10-8-6-4-2)40-63-52-51(61)49(59)47(57)44(67-52)41-64-53-50(60)48(58)46(56)43(38-54)66-53/h15-16,18-19,42-44,46-54,56-61H,3-14,17,20-41H2,1-2H3/b16-15-,19-18-. The van der Waals surface area contributed by atoms with Crippen LogP contribution in [-0.2, 0) is 33.2 Å². The van der Waals surface area contributed by atoms with E-state index in [0.29, 0.717) is 13.0 Å². The van der Waals surface area contributed by atoms with Gasteiger partial charge >= 0.3 is 5.97 Å². The zero-order valence-electron chi connectivity index (χ0n) is 41.9. The van der Waals surface area contributed by atoms with Crippen LogP contribution in [0.4, 0.5) is 0 Å². The van der Waals surface area contributed by atoms with Crippen molar-refractivity contribution >= 4 is 5.97 Å². The fourth-order valence-corrected chi connectivity index (χ4v) is 8.55. The first kappa shape index (κ1) is 61.6. The van der Waals surface area contributed by atoms with Gasteiger partial charge < -0.3 is 64.2 Å². The molecule has 0 aromatic carbocycles. The van der Waals surface area contributed by atoms with E-state index in [1.165, 1.54) is 135 Å². The molecular formula is C53H98O14. The number of aliphatic hydroxyl groups is 7.